The van der Waals surface area contributed by atoms with Gasteiger partial charge in [0.05, 0.1) is 0 Å². The summed E-state index contributed by atoms with van der Waals surface area (Å²) in [6.07, 6.45) is 6.06. The van der Waals surface area contributed by atoms with Crippen molar-refractivity contribution < 1.29 is 4.43 Å². The lowest BCUT2D eigenvalue weighted by Gasteiger charge is -2.09. The van der Waals surface area contributed by atoms with E-state index < -0.39 is 9.76 Å². The van der Waals surface area contributed by atoms with Gasteiger partial charge in [-0.1, -0.05) is 54.6 Å². The first-order valence-electron chi connectivity index (χ1n) is 7.14. The van der Waals surface area contributed by atoms with Crippen LogP contribution >= 0.6 is 0 Å². The highest BCUT2D eigenvalue weighted by molar-refractivity contribution is 6.51. The summed E-state index contributed by atoms with van der Waals surface area (Å²) in [5.41, 5.74) is 0. The largest absolute Gasteiger partial charge is 0.419 e. The third-order valence-corrected chi connectivity index (χ3v) is 4.99. The van der Waals surface area contributed by atoms with Gasteiger partial charge in [0.25, 0.3) is 0 Å². The highest BCUT2D eigenvalue weighted by Gasteiger charge is 2.02. The van der Waals surface area contributed by atoms with Gasteiger partial charge in [-0.2, -0.15) is 0 Å². The molecule has 0 amide bonds. The number of fused-ring (bicyclic) bond motifs is 1. The van der Waals surface area contributed by atoms with E-state index in [4.69, 9.17) is 4.43 Å². The Balaban J connectivity index is 1.84. The zero-order valence-electron chi connectivity index (χ0n) is 11.9. The summed E-state index contributed by atoms with van der Waals surface area (Å²) in [5, 5.41) is 4.04. The zero-order valence-corrected chi connectivity index (χ0v) is 13.3. The van der Waals surface area contributed by atoms with E-state index in [0.29, 0.717) is 5.92 Å². The summed E-state index contributed by atoms with van der Waals surface area (Å²) in [6, 6.07) is 15.0. The molecule has 2 rings (SSSR count). The fraction of sp³-hybridized carbons (Fsp3) is 0.222. The lowest BCUT2D eigenvalue weighted by molar-refractivity contribution is 0.324. The Hall–Kier alpha value is -1.64. The summed E-state index contributed by atoms with van der Waals surface area (Å²) in [4.78, 5) is 0. The van der Waals surface area contributed by atoms with Crippen LogP contribution in [0.5, 0.6) is 0 Å². The summed E-state index contributed by atoms with van der Waals surface area (Å²) in [6.45, 7) is 8.46. The molecule has 2 aromatic rings. The van der Waals surface area contributed by atoms with Crippen molar-refractivity contribution in [2.45, 2.75) is 12.8 Å². The van der Waals surface area contributed by atoms with Crippen LogP contribution in [0.25, 0.3) is 10.8 Å². The van der Waals surface area contributed by atoms with Gasteiger partial charge in [0.2, 0.25) is 0 Å². The zero-order chi connectivity index (χ0) is 14.2. The maximum atomic E-state index is 5.94. The van der Waals surface area contributed by atoms with Crippen LogP contribution < -0.4 is 5.19 Å². The third kappa shape index (κ3) is 3.92. The molecule has 0 atom stereocenters. The van der Waals surface area contributed by atoms with Gasteiger partial charge in [-0.25, -0.2) is 0 Å². The van der Waals surface area contributed by atoms with Crippen molar-refractivity contribution in [3.05, 3.63) is 67.8 Å². The quantitative estimate of drug-likeness (QED) is 0.410. The van der Waals surface area contributed by atoms with Gasteiger partial charge >= 0.3 is 0 Å². The maximum Gasteiger partial charge on any atom is 0.192 e. The SMILES string of the molecule is C=CC(C=C)CCCO[SiH2]c1cccc2ccccc12. The number of benzene rings is 2. The Morgan fingerprint density at radius 2 is 1.80 bits per heavy atom. The van der Waals surface area contributed by atoms with Gasteiger partial charge in [-0.15, -0.1) is 13.2 Å². The predicted molar refractivity (Wildman–Crippen MR) is 91.2 cm³/mol. The van der Waals surface area contributed by atoms with E-state index in [1.165, 1.54) is 16.0 Å². The lowest BCUT2D eigenvalue weighted by Crippen LogP contribution is -2.19. The first kappa shape index (κ1) is 14.8. The van der Waals surface area contributed by atoms with E-state index in [-0.39, 0.29) is 0 Å². The lowest BCUT2D eigenvalue weighted by atomic mass is 10.0. The number of rotatable bonds is 8. The van der Waals surface area contributed by atoms with Crippen molar-refractivity contribution in [2.75, 3.05) is 6.61 Å². The number of hydrogen-bond donors (Lipinski definition) is 0. The van der Waals surface area contributed by atoms with E-state index in [0.717, 1.165) is 19.4 Å². The Kier molecular flexibility index (Phi) is 5.78. The molecular formula is C18H22OSi. The average molecular weight is 282 g/mol. The minimum Gasteiger partial charge on any atom is -0.419 e. The summed E-state index contributed by atoms with van der Waals surface area (Å²) in [5.74, 6) is 0.415. The monoisotopic (exact) mass is 282 g/mol. The fourth-order valence-corrected chi connectivity index (χ4v) is 3.63. The molecule has 104 valence electrons. The smallest absolute Gasteiger partial charge is 0.192 e. The maximum absolute atomic E-state index is 5.94. The molecule has 0 saturated heterocycles. The van der Waals surface area contributed by atoms with Gasteiger partial charge in [-0.05, 0) is 34.7 Å². The van der Waals surface area contributed by atoms with Crippen molar-refractivity contribution in [2.24, 2.45) is 5.92 Å². The molecule has 2 heteroatoms. The second-order valence-electron chi connectivity index (χ2n) is 4.97. The molecule has 0 aliphatic heterocycles. The van der Waals surface area contributed by atoms with Crippen LogP contribution in [-0.2, 0) is 4.43 Å². The van der Waals surface area contributed by atoms with Crippen molar-refractivity contribution in [3.63, 3.8) is 0 Å². The van der Waals surface area contributed by atoms with E-state index in [2.05, 4.69) is 55.6 Å². The molecule has 0 saturated carbocycles. The van der Waals surface area contributed by atoms with Gasteiger partial charge < -0.3 is 4.43 Å². The molecule has 2 aromatic carbocycles. The minimum absolute atomic E-state index is 0.415. The molecule has 0 N–H and O–H groups in total. The summed E-state index contributed by atoms with van der Waals surface area (Å²) >= 11 is 0. The molecule has 0 unspecified atom stereocenters. The van der Waals surface area contributed by atoms with Crippen LogP contribution in [0, 0.1) is 5.92 Å². The molecular weight excluding hydrogens is 260 g/mol. The second kappa shape index (κ2) is 7.83. The van der Waals surface area contributed by atoms with E-state index >= 15 is 0 Å². The van der Waals surface area contributed by atoms with Gasteiger partial charge in [0.1, 0.15) is 0 Å². The van der Waals surface area contributed by atoms with Crippen LogP contribution in [0.1, 0.15) is 12.8 Å². The van der Waals surface area contributed by atoms with Gasteiger partial charge in [0, 0.05) is 6.61 Å². The fourth-order valence-electron chi connectivity index (χ4n) is 2.35. The van der Waals surface area contributed by atoms with Crippen molar-refractivity contribution >= 4 is 25.7 Å². The number of allylic oxidation sites excluding steroid dienone is 2. The molecule has 0 bridgehead atoms. The van der Waals surface area contributed by atoms with Crippen LogP contribution in [0.15, 0.2) is 67.8 Å². The highest BCUT2D eigenvalue weighted by atomic mass is 28.2. The van der Waals surface area contributed by atoms with E-state index in [9.17, 15) is 0 Å². The molecule has 0 heterocycles. The van der Waals surface area contributed by atoms with Crippen LogP contribution in [0.2, 0.25) is 0 Å². The standard InChI is InChI=1S/C18H22OSi/c1-3-15(4-2)9-8-14-19-20-18-13-7-11-16-10-5-6-12-17(16)18/h3-7,10-13,15H,1-2,8-9,14,20H2. The Morgan fingerprint density at radius 3 is 2.60 bits per heavy atom. The molecule has 0 radical (unpaired) electrons. The first-order chi connectivity index (χ1) is 9.85. The second-order valence-corrected chi connectivity index (χ2v) is 6.43. The van der Waals surface area contributed by atoms with Crippen LogP contribution in [0.4, 0.5) is 0 Å². The third-order valence-electron chi connectivity index (χ3n) is 3.57. The molecule has 0 aliphatic carbocycles. The van der Waals surface area contributed by atoms with Gasteiger partial charge in [-0.3, -0.25) is 0 Å². The molecule has 0 spiro atoms. The Bertz CT molecular complexity index is 563. The first-order valence-corrected chi connectivity index (χ1v) is 8.43. The van der Waals surface area contributed by atoms with Crippen LogP contribution in [0.3, 0.4) is 0 Å². The predicted octanol–water partition coefficient (Wildman–Crippen LogP) is 3.33. The molecule has 0 aromatic heterocycles. The average Bonchev–Trinajstić information content (AvgIpc) is 2.51. The molecule has 0 fully saturated rings. The van der Waals surface area contributed by atoms with Gasteiger partial charge in [0.15, 0.2) is 9.76 Å². The normalized spacial score (nSPS) is 11.4. The molecule has 20 heavy (non-hydrogen) atoms. The van der Waals surface area contributed by atoms with E-state index in [1.807, 2.05) is 12.2 Å². The van der Waals surface area contributed by atoms with Crippen molar-refractivity contribution in [3.8, 4) is 0 Å². The molecule has 0 aliphatic rings. The van der Waals surface area contributed by atoms with Crippen molar-refractivity contribution in [1.29, 1.82) is 0 Å². The summed E-state index contributed by atoms with van der Waals surface area (Å²) < 4.78 is 5.94. The highest BCUT2D eigenvalue weighted by Crippen LogP contribution is 2.11. The molecule has 1 nitrogen and oxygen atoms in total. The Labute approximate surface area is 123 Å². The minimum atomic E-state index is -0.642. The van der Waals surface area contributed by atoms with Crippen LogP contribution in [-0.4, -0.2) is 16.4 Å². The topological polar surface area (TPSA) is 9.23 Å². The summed E-state index contributed by atoms with van der Waals surface area (Å²) in [7, 11) is -0.642. The van der Waals surface area contributed by atoms with E-state index in [1.54, 1.807) is 0 Å². The number of hydrogen-bond acceptors (Lipinski definition) is 1. The van der Waals surface area contributed by atoms with Crippen molar-refractivity contribution in [1.82, 2.24) is 0 Å². The Morgan fingerprint density at radius 1 is 1.05 bits per heavy atom.